The number of para-hydroxylation sites is 1. The summed E-state index contributed by atoms with van der Waals surface area (Å²) in [5.41, 5.74) is 4.42. The van der Waals surface area contributed by atoms with E-state index in [0.29, 0.717) is 0 Å². The monoisotopic (exact) mass is 404 g/mol. The Bertz CT molecular complexity index is 1050. The minimum atomic E-state index is 0.0509. The Labute approximate surface area is 174 Å². The van der Waals surface area contributed by atoms with Crippen molar-refractivity contribution < 1.29 is 9.59 Å². The molecule has 0 spiro atoms. The quantitative estimate of drug-likeness (QED) is 0.555. The number of likely N-dealkylation sites (tertiary alicyclic amines) is 1. The average Bonchev–Trinajstić information content (AvgIpc) is 3.49. The molecule has 1 saturated heterocycles. The third-order valence-corrected chi connectivity index (χ3v) is 7.29. The van der Waals surface area contributed by atoms with E-state index in [1.165, 1.54) is 17.5 Å². The highest BCUT2D eigenvalue weighted by Gasteiger charge is 2.32. The van der Waals surface area contributed by atoms with Gasteiger partial charge in [-0.3, -0.25) is 9.59 Å². The van der Waals surface area contributed by atoms with Crippen LogP contribution in [-0.2, 0) is 17.6 Å². The Hall–Kier alpha value is -2.53. The first-order chi connectivity index (χ1) is 14.2. The van der Waals surface area contributed by atoms with Gasteiger partial charge in [-0.2, -0.15) is 0 Å². The van der Waals surface area contributed by atoms with Crippen LogP contribution in [-0.4, -0.2) is 28.1 Å². The Kier molecular flexibility index (Phi) is 4.92. The zero-order chi connectivity index (χ0) is 19.8. The van der Waals surface area contributed by atoms with E-state index in [0.717, 1.165) is 53.0 Å². The van der Waals surface area contributed by atoms with Crippen molar-refractivity contribution in [2.75, 3.05) is 6.54 Å². The Morgan fingerprint density at radius 1 is 1.03 bits per heavy atom. The number of aryl methyl sites for hydroxylation is 2. The van der Waals surface area contributed by atoms with Gasteiger partial charge in [-0.15, -0.1) is 11.3 Å². The second-order valence-corrected chi connectivity index (χ2v) is 9.09. The van der Waals surface area contributed by atoms with Gasteiger partial charge in [-0.05, 0) is 61.4 Å². The second kappa shape index (κ2) is 7.71. The lowest BCUT2D eigenvalue weighted by atomic mass is 10.0. The number of ketones is 1. The molecule has 1 unspecified atom stereocenters. The Morgan fingerprint density at radius 3 is 2.79 bits per heavy atom. The predicted molar refractivity (Wildman–Crippen MR) is 115 cm³/mol. The largest absolute Gasteiger partial charge is 0.333 e. The number of benzene rings is 2. The van der Waals surface area contributed by atoms with Crippen LogP contribution >= 0.6 is 11.3 Å². The van der Waals surface area contributed by atoms with E-state index < -0.39 is 0 Å². The maximum atomic E-state index is 12.9. The number of rotatable bonds is 5. The SMILES string of the molecule is O=C(CCC(=O)N1CCCC1c1nc2ccccc2s1)c1ccc2c(c1)CCC2. The highest BCUT2D eigenvalue weighted by atomic mass is 32.1. The van der Waals surface area contributed by atoms with Crippen molar-refractivity contribution in [1.29, 1.82) is 0 Å². The summed E-state index contributed by atoms with van der Waals surface area (Å²) < 4.78 is 1.16. The Balaban J connectivity index is 1.25. The maximum Gasteiger partial charge on any atom is 0.223 e. The zero-order valence-electron chi connectivity index (χ0n) is 16.4. The van der Waals surface area contributed by atoms with E-state index in [1.54, 1.807) is 11.3 Å². The molecule has 29 heavy (non-hydrogen) atoms. The lowest BCUT2D eigenvalue weighted by Crippen LogP contribution is -2.30. The van der Waals surface area contributed by atoms with Gasteiger partial charge in [0.15, 0.2) is 5.78 Å². The van der Waals surface area contributed by atoms with Gasteiger partial charge >= 0.3 is 0 Å². The van der Waals surface area contributed by atoms with Crippen LogP contribution in [0.3, 0.4) is 0 Å². The fourth-order valence-corrected chi connectivity index (χ4v) is 5.72. The molecule has 2 aromatic carbocycles. The number of carbonyl (C=O) groups is 2. The van der Waals surface area contributed by atoms with Crippen molar-refractivity contribution in [3.8, 4) is 0 Å². The smallest absolute Gasteiger partial charge is 0.223 e. The number of carbonyl (C=O) groups excluding carboxylic acids is 2. The molecule has 3 aromatic rings. The summed E-state index contributed by atoms with van der Waals surface area (Å²) in [7, 11) is 0. The first kappa shape index (κ1) is 18.5. The number of hydrogen-bond acceptors (Lipinski definition) is 4. The normalized spacial score (nSPS) is 18.3. The van der Waals surface area contributed by atoms with E-state index in [9.17, 15) is 9.59 Å². The van der Waals surface area contributed by atoms with Gasteiger partial charge in [-0.25, -0.2) is 4.98 Å². The summed E-state index contributed by atoms with van der Waals surface area (Å²) in [5, 5.41) is 1.02. The molecule has 2 heterocycles. The molecule has 0 bridgehead atoms. The summed E-state index contributed by atoms with van der Waals surface area (Å²) in [5.74, 6) is 0.144. The minimum absolute atomic E-state index is 0.0509. The fourth-order valence-electron chi connectivity index (χ4n) is 4.61. The van der Waals surface area contributed by atoms with E-state index in [2.05, 4.69) is 12.1 Å². The van der Waals surface area contributed by atoms with Crippen LogP contribution in [0.1, 0.15) is 64.6 Å². The van der Waals surface area contributed by atoms with Crippen molar-refractivity contribution in [3.63, 3.8) is 0 Å². The van der Waals surface area contributed by atoms with E-state index in [1.807, 2.05) is 35.2 Å². The van der Waals surface area contributed by atoms with Crippen molar-refractivity contribution in [1.82, 2.24) is 9.88 Å². The summed E-state index contributed by atoms with van der Waals surface area (Å²) in [6.45, 7) is 0.756. The standard InChI is InChI=1S/C24H24N2O2S/c27-21(18-11-10-16-5-3-6-17(16)15-18)12-13-23(28)26-14-4-8-20(26)24-25-19-7-1-2-9-22(19)29-24/h1-2,7,9-11,15,20H,3-6,8,12-14H2. The molecule has 1 fully saturated rings. The molecule has 1 aromatic heterocycles. The minimum Gasteiger partial charge on any atom is -0.333 e. The average molecular weight is 405 g/mol. The molecule has 0 radical (unpaired) electrons. The van der Waals surface area contributed by atoms with Gasteiger partial charge < -0.3 is 4.90 Å². The maximum absolute atomic E-state index is 12.9. The van der Waals surface area contributed by atoms with Crippen LogP contribution in [0.25, 0.3) is 10.2 Å². The van der Waals surface area contributed by atoms with Crippen LogP contribution in [0.15, 0.2) is 42.5 Å². The lowest BCUT2D eigenvalue weighted by Gasteiger charge is -2.23. The van der Waals surface area contributed by atoms with Crippen LogP contribution in [0.4, 0.5) is 0 Å². The molecule has 1 atom stereocenters. The predicted octanol–water partition coefficient (Wildman–Crippen LogP) is 5.11. The topological polar surface area (TPSA) is 50.3 Å². The molecule has 1 amide bonds. The third kappa shape index (κ3) is 3.60. The van der Waals surface area contributed by atoms with Crippen molar-refractivity contribution in [2.45, 2.75) is 51.0 Å². The third-order valence-electron chi connectivity index (χ3n) is 6.16. The van der Waals surface area contributed by atoms with Gasteiger partial charge in [0.2, 0.25) is 5.91 Å². The molecule has 148 valence electrons. The van der Waals surface area contributed by atoms with Gasteiger partial charge in [0.1, 0.15) is 5.01 Å². The molecule has 1 aliphatic carbocycles. The van der Waals surface area contributed by atoms with Crippen molar-refractivity contribution >= 4 is 33.2 Å². The molecule has 5 rings (SSSR count). The molecule has 5 heteroatoms. The number of fused-ring (bicyclic) bond motifs is 2. The molecule has 1 aliphatic heterocycles. The van der Waals surface area contributed by atoms with E-state index in [-0.39, 0.29) is 30.6 Å². The van der Waals surface area contributed by atoms with Gasteiger partial charge in [0.05, 0.1) is 16.3 Å². The number of aromatic nitrogens is 1. The molecule has 4 nitrogen and oxygen atoms in total. The molecule has 0 saturated carbocycles. The van der Waals surface area contributed by atoms with Crippen LogP contribution < -0.4 is 0 Å². The highest BCUT2D eigenvalue weighted by molar-refractivity contribution is 7.18. The fraction of sp³-hybridized carbons (Fsp3) is 0.375. The van der Waals surface area contributed by atoms with Crippen molar-refractivity contribution in [3.05, 3.63) is 64.2 Å². The van der Waals surface area contributed by atoms with E-state index >= 15 is 0 Å². The first-order valence-corrected chi connectivity index (χ1v) is 11.3. The Morgan fingerprint density at radius 2 is 1.90 bits per heavy atom. The second-order valence-electron chi connectivity index (χ2n) is 8.03. The number of thiazole rings is 1. The number of hydrogen-bond donors (Lipinski definition) is 0. The number of nitrogens with zero attached hydrogens (tertiary/aromatic N) is 2. The molecule has 0 N–H and O–H groups in total. The first-order valence-electron chi connectivity index (χ1n) is 10.5. The number of Topliss-reactive ketones (excluding diaryl/α,β-unsaturated/α-hetero) is 1. The summed E-state index contributed by atoms with van der Waals surface area (Å²) in [4.78, 5) is 32.3. The van der Waals surface area contributed by atoms with E-state index in [4.69, 9.17) is 4.98 Å². The van der Waals surface area contributed by atoms with Crippen molar-refractivity contribution in [2.24, 2.45) is 0 Å². The van der Waals surface area contributed by atoms with Gasteiger partial charge in [-0.1, -0.05) is 24.3 Å². The van der Waals surface area contributed by atoms with Gasteiger partial charge in [0.25, 0.3) is 0 Å². The van der Waals surface area contributed by atoms with Crippen LogP contribution in [0.5, 0.6) is 0 Å². The zero-order valence-corrected chi connectivity index (χ0v) is 17.2. The van der Waals surface area contributed by atoms with Crippen LogP contribution in [0.2, 0.25) is 0 Å². The molecular formula is C24H24N2O2S. The summed E-state index contributed by atoms with van der Waals surface area (Å²) >= 11 is 1.68. The summed E-state index contributed by atoms with van der Waals surface area (Å²) in [6, 6.07) is 14.2. The highest BCUT2D eigenvalue weighted by Crippen LogP contribution is 2.37. The van der Waals surface area contributed by atoms with Crippen LogP contribution in [0, 0.1) is 0 Å². The summed E-state index contributed by atoms with van der Waals surface area (Å²) in [6.07, 6.45) is 5.85. The molecular weight excluding hydrogens is 380 g/mol. The number of amides is 1. The van der Waals surface area contributed by atoms with Gasteiger partial charge in [0, 0.05) is 24.9 Å². The lowest BCUT2D eigenvalue weighted by molar-refractivity contribution is -0.132. The molecule has 2 aliphatic rings.